The van der Waals surface area contributed by atoms with Gasteiger partial charge in [0.25, 0.3) is 11.8 Å². The molecule has 0 spiro atoms. The van der Waals surface area contributed by atoms with E-state index in [2.05, 4.69) is 5.32 Å². The molecule has 4 aromatic rings. The Kier molecular flexibility index (Phi) is 7.21. The van der Waals surface area contributed by atoms with Crippen molar-refractivity contribution < 1.29 is 27.5 Å². The van der Waals surface area contributed by atoms with Gasteiger partial charge in [-0.1, -0.05) is 30.3 Å². The number of methoxy groups -OCH3 is 1. The van der Waals surface area contributed by atoms with Crippen molar-refractivity contribution in [2.45, 2.75) is 12.6 Å². The molecule has 8 heteroatoms. The number of anilines is 1. The van der Waals surface area contributed by atoms with E-state index in [0.29, 0.717) is 17.0 Å². The first-order valence-corrected chi connectivity index (χ1v) is 10.7. The topological polar surface area (TPSA) is 71.8 Å². The van der Waals surface area contributed by atoms with Crippen LogP contribution in [0.5, 0.6) is 5.75 Å². The summed E-state index contributed by atoms with van der Waals surface area (Å²) in [6, 6.07) is 19.5. The minimum absolute atomic E-state index is 0.00471. The van der Waals surface area contributed by atoms with Crippen molar-refractivity contribution in [3.8, 4) is 5.75 Å². The highest BCUT2D eigenvalue weighted by Gasteiger charge is 2.35. The molecule has 2 amide bonds. The maximum atomic E-state index is 15.0. The average Bonchev–Trinajstić information content (AvgIpc) is 3.41. The van der Waals surface area contributed by atoms with Crippen LogP contribution in [0.3, 0.4) is 0 Å². The van der Waals surface area contributed by atoms with Gasteiger partial charge in [0.15, 0.2) is 5.76 Å². The number of benzene rings is 3. The molecule has 0 bridgehead atoms. The normalized spacial score (nSPS) is 11.5. The highest BCUT2D eigenvalue weighted by molar-refractivity contribution is 6.00. The maximum absolute atomic E-state index is 15.0. The fourth-order valence-electron chi connectivity index (χ4n) is 3.68. The van der Waals surface area contributed by atoms with Gasteiger partial charge in [-0.3, -0.25) is 9.59 Å². The first-order chi connectivity index (χ1) is 17.0. The standard InChI is InChI=1S/C27H22F2N2O4/c1-34-21-7-4-6-18(16-21)17-31(27(33)24-10-5-15-35-24)25(22-8-2-3-9-23(22)29)26(32)30-20-13-11-19(28)12-14-20/h2-16,25H,17H2,1H3,(H,30,32)/t25-/m1/s1. The lowest BCUT2D eigenvalue weighted by Gasteiger charge is -2.31. The Bertz CT molecular complexity index is 1310. The number of carbonyl (C=O) groups is 2. The molecule has 0 aliphatic carbocycles. The first kappa shape index (κ1) is 23.7. The fourth-order valence-corrected chi connectivity index (χ4v) is 3.68. The number of rotatable bonds is 8. The average molecular weight is 476 g/mol. The lowest BCUT2D eigenvalue weighted by Crippen LogP contribution is -2.41. The van der Waals surface area contributed by atoms with Gasteiger partial charge in [-0.2, -0.15) is 0 Å². The number of nitrogens with one attached hydrogen (secondary N) is 1. The molecule has 0 unspecified atom stereocenters. The van der Waals surface area contributed by atoms with Crippen LogP contribution < -0.4 is 10.1 Å². The highest BCUT2D eigenvalue weighted by Crippen LogP contribution is 2.29. The van der Waals surface area contributed by atoms with Crippen LogP contribution in [-0.4, -0.2) is 23.8 Å². The third-order valence-electron chi connectivity index (χ3n) is 5.35. The van der Waals surface area contributed by atoms with Gasteiger partial charge in [0.2, 0.25) is 0 Å². The van der Waals surface area contributed by atoms with Gasteiger partial charge >= 0.3 is 0 Å². The molecule has 1 aromatic heterocycles. The van der Waals surface area contributed by atoms with Gasteiger partial charge < -0.3 is 19.4 Å². The van der Waals surface area contributed by atoms with E-state index in [4.69, 9.17) is 9.15 Å². The minimum atomic E-state index is -1.37. The molecule has 0 saturated carbocycles. The predicted octanol–water partition coefficient (Wildman–Crippen LogP) is 5.59. The van der Waals surface area contributed by atoms with Gasteiger partial charge in [-0.25, -0.2) is 8.78 Å². The Morgan fingerprint density at radius 1 is 0.971 bits per heavy atom. The van der Waals surface area contributed by atoms with Crippen molar-refractivity contribution in [1.82, 2.24) is 4.90 Å². The fraction of sp³-hybridized carbons (Fsp3) is 0.111. The maximum Gasteiger partial charge on any atom is 0.290 e. The minimum Gasteiger partial charge on any atom is -0.497 e. The molecule has 0 aliphatic rings. The molecule has 0 aliphatic heterocycles. The molecule has 6 nitrogen and oxygen atoms in total. The quantitative estimate of drug-likeness (QED) is 0.360. The summed E-state index contributed by atoms with van der Waals surface area (Å²) in [5, 5.41) is 2.66. The third kappa shape index (κ3) is 5.55. The van der Waals surface area contributed by atoms with E-state index in [0.717, 1.165) is 0 Å². The largest absolute Gasteiger partial charge is 0.497 e. The Hall–Kier alpha value is -4.46. The number of hydrogen-bond donors (Lipinski definition) is 1. The van der Waals surface area contributed by atoms with Crippen LogP contribution in [-0.2, 0) is 11.3 Å². The molecule has 35 heavy (non-hydrogen) atoms. The lowest BCUT2D eigenvalue weighted by molar-refractivity contribution is -0.121. The zero-order valence-corrected chi connectivity index (χ0v) is 18.8. The Balaban J connectivity index is 1.79. The van der Waals surface area contributed by atoms with Crippen LogP contribution in [0.15, 0.2) is 95.6 Å². The van der Waals surface area contributed by atoms with Gasteiger partial charge in [0.05, 0.1) is 13.4 Å². The number of ether oxygens (including phenoxy) is 1. The van der Waals surface area contributed by atoms with Gasteiger partial charge in [-0.15, -0.1) is 0 Å². The van der Waals surface area contributed by atoms with Crippen molar-refractivity contribution in [2.75, 3.05) is 12.4 Å². The van der Waals surface area contributed by atoms with E-state index in [1.807, 2.05) is 0 Å². The number of amides is 2. The third-order valence-corrected chi connectivity index (χ3v) is 5.35. The highest BCUT2D eigenvalue weighted by atomic mass is 19.1. The summed E-state index contributed by atoms with van der Waals surface area (Å²) in [6.45, 7) is -0.0490. The zero-order chi connectivity index (χ0) is 24.8. The van der Waals surface area contributed by atoms with E-state index in [9.17, 15) is 14.0 Å². The lowest BCUT2D eigenvalue weighted by atomic mass is 10.0. The number of nitrogens with zero attached hydrogens (tertiary/aromatic N) is 1. The molecule has 4 rings (SSSR count). The second kappa shape index (κ2) is 10.6. The van der Waals surface area contributed by atoms with Crippen LogP contribution >= 0.6 is 0 Å². The van der Waals surface area contributed by atoms with Crippen LogP contribution in [0.25, 0.3) is 0 Å². The number of halogens is 2. The molecule has 1 atom stereocenters. The zero-order valence-electron chi connectivity index (χ0n) is 18.8. The van der Waals surface area contributed by atoms with Crippen molar-refractivity contribution >= 4 is 17.5 Å². The smallest absolute Gasteiger partial charge is 0.290 e. The van der Waals surface area contributed by atoms with E-state index in [1.165, 1.54) is 66.8 Å². The van der Waals surface area contributed by atoms with Crippen LogP contribution in [0, 0.1) is 11.6 Å². The van der Waals surface area contributed by atoms with Gasteiger partial charge in [0, 0.05) is 17.8 Å². The summed E-state index contributed by atoms with van der Waals surface area (Å²) < 4.78 is 38.9. The first-order valence-electron chi connectivity index (χ1n) is 10.7. The second-order valence-corrected chi connectivity index (χ2v) is 7.68. The van der Waals surface area contributed by atoms with Crippen molar-refractivity contribution in [3.63, 3.8) is 0 Å². The van der Waals surface area contributed by atoms with Crippen LogP contribution in [0.1, 0.15) is 27.7 Å². The predicted molar refractivity (Wildman–Crippen MR) is 126 cm³/mol. The van der Waals surface area contributed by atoms with Crippen LogP contribution in [0.4, 0.5) is 14.5 Å². The van der Waals surface area contributed by atoms with Gasteiger partial charge in [-0.05, 0) is 60.2 Å². The van der Waals surface area contributed by atoms with Gasteiger partial charge in [0.1, 0.15) is 23.4 Å². The molecule has 1 heterocycles. The summed E-state index contributed by atoms with van der Waals surface area (Å²) in [5.41, 5.74) is 0.944. The number of hydrogen-bond acceptors (Lipinski definition) is 4. The molecule has 0 fully saturated rings. The molecule has 1 N–H and O–H groups in total. The van der Waals surface area contributed by atoms with Crippen LogP contribution in [0.2, 0.25) is 0 Å². The summed E-state index contributed by atoms with van der Waals surface area (Å²) in [6.07, 6.45) is 1.34. The molecule has 3 aromatic carbocycles. The molecular weight excluding hydrogens is 454 g/mol. The van der Waals surface area contributed by atoms with Crippen molar-refractivity contribution in [3.05, 3.63) is 120 Å². The summed E-state index contributed by atoms with van der Waals surface area (Å²) in [5.74, 6) is -1.87. The SMILES string of the molecule is COc1cccc(CN(C(=O)c2ccco2)[C@@H](C(=O)Nc2ccc(F)cc2)c2ccccc2F)c1. The Morgan fingerprint density at radius 2 is 1.74 bits per heavy atom. The summed E-state index contributed by atoms with van der Waals surface area (Å²) >= 11 is 0. The molecule has 0 saturated heterocycles. The van der Waals surface area contributed by atoms with Crippen molar-refractivity contribution in [2.24, 2.45) is 0 Å². The van der Waals surface area contributed by atoms with E-state index >= 15 is 4.39 Å². The Labute approximate surface area is 200 Å². The number of furan rings is 1. The van der Waals surface area contributed by atoms with E-state index < -0.39 is 29.5 Å². The molecule has 0 radical (unpaired) electrons. The Morgan fingerprint density at radius 3 is 2.43 bits per heavy atom. The number of carbonyl (C=O) groups excluding carboxylic acids is 2. The molecular formula is C27H22F2N2O4. The molecule has 178 valence electrons. The van der Waals surface area contributed by atoms with E-state index in [-0.39, 0.29) is 17.9 Å². The van der Waals surface area contributed by atoms with Crippen molar-refractivity contribution in [1.29, 1.82) is 0 Å². The van der Waals surface area contributed by atoms with E-state index in [1.54, 1.807) is 36.4 Å². The summed E-state index contributed by atoms with van der Waals surface area (Å²) in [4.78, 5) is 28.3. The summed E-state index contributed by atoms with van der Waals surface area (Å²) in [7, 11) is 1.52. The monoisotopic (exact) mass is 476 g/mol. The second-order valence-electron chi connectivity index (χ2n) is 7.68.